The number of hydrogen-bond acceptors (Lipinski definition) is 3. The Kier molecular flexibility index (Phi) is 4.60. The summed E-state index contributed by atoms with van der Waals surface area (Å²) >= 11 is 0. The van der Waals surface area contributed by atoms with Crippen molar-refractivity contribution in [1.29, 1.82) is 0 Å². The highest BCUT2D eigenvalue weighted by Gasteiger charge is 1.99. The highest BCUT2D eigenvalue weighted by Crippen LogP contribution is 2.15. The Labute approximate surface area is 90.6 Å². The van der Waals surface area contributed by atoms with Crippen LogP contribution in [0, 0.1) is 13.8 Å². The second-order valence-corrected chi connectivity index (χ2v) is 3.40. The molecule has 0 amide bonds. The number of nitrogens with zero attached hydrogens (tertiary/aromatic N) is 2. The maximum atomic E-state index is 5.15. The van der Waals surface area contributed by atoms with Crippen molar-refractivity contribution < 1.29 is 0 Å². The zero-order valence-electron chi connectivity index (χ0n) is 9.33. The molecule has 0 aliphatic heterocycles. The minimum absolute atomic E-state index is 0.770. The van der Waals surface area contributed by atoms with Gasteiger partial charge in [0.05, 0.1) is 6.34 Å². The van der Waals surface area contributed by atoms with Gasteiger partial charge in [-0.3, -0.25) is 9.98 Å². The van der Waals surface area contributed by atoms with Gasteiger partial charge in [-0.15, -0.1) is 0 Å². The summed E-state index contributed by atoms with van der Waals surface area (Å²) in [4.78, 5) is 8.16. The molecular formula is C11H18N4. The molecule has 0 aliphatic carbocycles. The Morgan fingerprint density at radius 2 is 2.33 bits per heavy atom. The van der Waals surface area contributed by atoms with Gasteiger partial charge in [0, 0.05) is 30.7 Å². The molecule has 0 unspecified atom stereocenters. The van der Waals surface area contributed by atoms with Crippen LogP contribution in [0.2, 0.25) is 0 Å². The van der Waals surface area contributed by atoms with Crippen molar-refractivity contribution in [1.82, 2.24) is 4.98 Å². The number of rotatable bonds is 5. The summed E-state index contributed by atoms with van der Waals surface area (Å²) in [5.74, 6) is 0. The smallest absolute Gasteiger partial charge is 0.0797 e. The van der Waals surface area contributed by atoms with Gasteiger partial charge in [-0.25, -0.2) is 0 Å². The molecule has 1 heterocycles. The molecule has 0 bridgehead atoms. The number of aryl methyl sites for hydroxylation is 1. The highest BCUT2D eigenvalue weighted by atomic mass is 14.9. The molecule has 1 aromatic rings. The SMILES string of the molecule is Cc1nccc(NCCCN=CN)c1C. The van der Waals surface area contributed by atoms with Gasteiger partial charge in [-0.1, -0.05) is 0 Å². The van der Waals surface area contributed by atoms with Crippen molar-refractivity contribution >= 4 is 12.0 Å². The molecule has 0 aliphatic rings. The van der Waals surface area contributed by atoms with Gasteiger partial charge in [0.15, 0.2) is 0 Å². The van der Waals surface area contributed by atoms with Crippen molar-refractivity contribution in [2.24, 2.45) is 10.7 Å². The molecule has 0 spiro atoms. The summed E-state index contributed by atoms with van der Waals surface area (Å²) in [6.07, 6.45) is 4.15. The number of hydrogen-bond donors (Lipinski definition) is 2. The first kappa shape index (κ1) is 11.5. The second kappa shape index (κ2) is 6.01. The van der Waals surface area contributed by atoms with Gasteiger partial charge < -0.3 is 11.1 Å². The maximum Gasteiger partial charge on any atom is 0.0797 e. The van der Waals surface area contributed by atoms with Crippen LogP contribution in [0.25, 0.3) is 0 Å². The highest BCUT2D eigenvalue weighted by molar-refractivity contribution is 5.51. The first-order chi connectivity index (χ1) is 7.25. The topological polar surface area (TPSA) is 63.3 Å². The molecule has 3 N–H and O–H groups in total. The van der Waals surface area contributed by atoms with Crippen molar-refractivity contribution in [3.63, 3.8) is 0 Å². The molecule has 1 aromatic heterocycles. The predicted octanol–water partition coefficient (Wildman–Crippen LogP) is 1.49. The number of nitrogens with one attached hydrogen (secondary N) is 1. The average molecular weight is 206 g/mol. The maximum absolute atomic E-state index is 5.15. The van der Waals surface area contributed by atoms with Crippen LogP contribution < -0.4 is 11.1 Å². The molecule has 15 heavy (non-hydrogen) atoms. The van der Waals surface area contributed by atoms with E-state index in [1.165, 1.54) is 11.9 Å². The third kappa shape index (κ3) is 3.58. The van der Waals surface area contributed by atoms with Gasteiger partial charge in [0.25, 0.3) is 0 Å². The standard InChI is InChI=1S/C11H18N4/c1-9-10(2)14-7-4-11(9)15-6-3-5-13-8-12/h4,7-8H,3,5-6H2,1-2H3,(H2,12,13)(H,14,15). The third-order valence-electron chi connectivity index (χ3n) is 2.34. The Morgan fingerprint density at radius 3 is 3.07 bits per heavy atom. The van der Waals surface area contributed by atoms with E-state index in [0.717, 1.165) is 30.9 Å². The predicted molar refractivity (Wildman–Crippen MR) is 64.4 cm³/mol. The number of nitrogens with two attached hydrogens (primary N) is 1. The zero-order valence-corrected chi connectivity index (χ0v) is 9.33. The molecule has 0 saturated heterocycles. The Hall–Kier alpha value is -1.58. The average Bonchev–Trinajstić information content (AvgIpc) is 2.24. The van der Waals surface area contributed by atoms with E-state index >= 15 is 0 Å². The van der Waals surface area contributed by atoms with Gasteiger partial charge in [-0.2, -0.15) is 0 Å². The monoisotopic (exact) mass is 206 g/mol. The Morgan fingerprint density at radius 1 is 1.53 bits per heavy atom. The van der Waals surface area contributed by atoms with Crippen molar-refractivity contribution in [2.75, 3.05) is 18.4 Å². The third-order valence-corrected chi connectivity index (χ3v) is 2.34. The number of aliphatic imine (C=N–C) groups is 1. The lowest BCUT2D eigenvalue weighted by Crippen LogP contribution is -2.06. The van der Waals surface area contributed by atoms with Crippen LogP contribution in [0.4, 0.5) is 5.69 Å². The molecule has 4 nitrogen and oxygen atoms in total. The van der Waals surface area contributed by atoms with Crippen LogP contribution >= 0.6 is 0 Å². The summed E-state index contributed by atoms with van der Waals surface area (Å²) < 4.78 is 0. The summed E-state index contributed by atoms with van der Waals surface area (Å²) in [5, 5.41) is 3.36. The lowest BCUT2D eigenvalue weighted by molar-refractivity contribution is 0.875. The van der Waals surface area contributed by atoms with Crippen LogP contribution in [0.5, 0.6) is 0 Å². The quantitative estimate of drug-likeness (QED) is 0.436. The summed E-state index contributed by atoms with van der Waals surface area (Å²) in [5.41, 5.74) is 8.58. The largest absolute Gasteiger partial charge is 0.390 e. The van der Waals surface area contributed by atoms with E-state index in [1.807, 2.05) is 19.2 Å². The fourth-order valence-corrected chi connectivity index (χ4v) is 1.30. The van der Waals surface area contributed by atoms with Crippen LogP contribution in [0.1, 0.15) is 17.7 Å². The number of aromatic nitrogens is 1. The van der Waals surface area contributed by atoms with Crippen LogP contribution in [-0.4, -0.2) is 24.4 Å². The molecule has 4 heteroatoms. The first-order valence-electron chi connectivity index (χ1n) is 5.12. The first-order valence-corrected chi connectivity index (χ1v) is 5.12. The van der Waals surface area contributed by atoms with Gasteiger partial charge >= 0.3 is 0 Å². The molecule has 0 radical (unpaired) electrons. The summed E-state index contributed by atoms with van der Waals surface area (Å²) in [6, 6.07) is 1.99. The number of pyridine rings is 1. The van der Waals surface area contributed by atoms with Crippen molar-refractivity contribution in [3.8, 4) is 0 Å². The Balaban J connectivity index is 2.40. The number of anilines is 1. The molecule has 0 atom stereocenters. The van der Waals surface area contributed by atoms with Crippen molar-refractivity contribution in [2.45, 2.75) is 20.3 Å². The molecule has 0 saturated carbocycles. The lowest BCUT2D eigenvalue weighted by atomic mass is 10.2. The minimum atomic E-state index is 0.770. The van der Waals surface area contributed by atoms with E-state index in [4.69, 9.17) is 5.73 Å². The van der Waals surface area contributed by atoms with E-state index in [1.54, 1.807) is 0 Å². The molecule has 82 valence electrons. The Bertz CT molecular complexity index is 333. The van der Waals surface area contributed by atoms with Crippen LogP contribution in [0.3, 0.4) is 0 Å². The lowest BCUT2D eigenvalue weighted by Gasteiger charge is -2.09. The molecule has 0 fully saturated rings. The normalized spacial score (nSPS) is 10.8. The van der Waals surface area contributed by atoms with E-state index in [0.29, 0.717) is 0 Å². The minimum Gasteiger partial charge on any atom is -0.390 e. The van der Waals surface area contributed by atoms with E-state index in [-0.39, 0.29) is 0 Å². The fourth-order valence-electron chi connectivity index (χ4n) is 1.30. The van der Waals surface area contributed by atoms with Gasteiger partial charge in [0.1, 0.15) is 0 Å². The van der Waals surface area contributed by atoms with Gasteiger partial charge in [0.2, 0.25) is 0 Å². The van der Waals surface area contributed by atoms with E-state index in [9.17, 15) is 0 Å². The summed E-state index contributed by atoms with van der Waals surface area (Å²) in [6.45, 7) is 5.76. The molecule has 1 rings (SSSR count). The molecule has 0 aromatic carbocycles. The zero-order chi connectivity index (χ0) is 11.1. The van der Waals surface area contributed by atoms with Gasteiger partial charge in [-0.05, 0) is 31.9 Å². The van der Waals surface area contributed by atoms with E-state index in [2.05, 4.69) is 22.2 Å². The van der Waals surface area contributed by atoms with Crippen molar-refractivity contribution in [3.05, 3.63) is 23.5 Å². The second-order valence-electron chi connectivity index (χ2n) is 3.40. The molecular weight excluding hydrogens is 188 g/mol. The summed E-state index contributed by atoms with van der Waals surface area (Å²) in [7, 11) is 0. The van der Waals surface area contributed by atoms with Crippen LogP contribution in [0.15, 0.2) is 17.3 Å². The van der Waals surface area contributed by atoms with E-state index < -0.39 is 0 Å². The van der Waals surface area contributed by atoms with Crippen LogP contribution in [-0.2, 0) is 0 Å². The fraction of sp³-hybridized carbons (Fsp3) is 0.455.